The fraction of sp³-hybridized carbons (Fsp3) is 0.553. The van der Waals surface area contributed by atoms with Crippen LogP contribution in [-0.2, 0) is 23.7 Å². The number of epoxide rings is 1. The molecule has 0 spiro atoms. The van der Waals surface area contributed by atoms with E-state index in [0.717, 1.165) is 48.8 Å². The number of nitrogens with zero attached hydrogens (tertiary/aromatic N) is 2. The van der Waals surface area contributed by atoms with Gasteiger partial charge in [0.1, 0.15) is 18.8 Å². The van der Waals surface area contributed by atoms with Gasteiger partial charge in [-0.2, -0.15) is 0 Å². The van der Waals surface area contributed by atoms with Crippen LogP contribution in [0.25, 0.3) is 0 Å². The van der Waals surface area contributed by atoms with Crippen LogP contribution in [0.4, 0.5) is 0 Å². The van der Waals surface area contributed by atoms with Crippen molar-refractivity contribution in [2.45, 2.75) is 116 Å². The molecule has 1 saturated heterocycles. The first kappa shape index (κ1) is 34.5. The molecule has 47 heavy (non-hydrogen) atoms. The summed E-state index contributed by atoms with van der Waals surface area (Å²) in [6.45, 7) is 10.3. The molecule has 252 valence electrons. The van der Waals surface area contributed by atoms with Crippen molar-refractivity contribution >= 4 is 17.9 Å². The van der Waals surface area contributed by atoms with Crippen LogP contribution in [0.3, 0.4) is 0 Å². The van der Waals surface area contributed by atoms with Crippen LogP contribution in [0.5, 0.6) is 0 Å². The molecule has 1 saturated carbocycles. The molecule has 0 unspecified atom stereocenters. The highest BCUT2D eigenvalue weighted by Gasteiger charge is 2.61. The predicted molar refractivity (Wildman–Crippen MR) is 176 cm³/mol. The number of hydrogen-bond donors (Lipinski definition) is 0. The Labute approximate surface area is 278 Å². The predicted octanol–water partition coefficient (Wildman–Crippen LogP) is 7.37. The lowest BCUT2D eigenvalue weighted by molar-refractivity contribution is -0.153. The summed E-state index contributed by atoms with van der Waals surface area (Å²) in [6, 6.07) is 6.76. The first-order chi connectivity index (χ1) is 22.6. The lowest BCUT2D eigenvalue weighted by Crippen LogP contribution is -2.50. The van der Waals surface area contributed by atoms with E-state index in [1.807, 2.05) is 13.0 Å². The van der Waals surface area contributed by atoms with Gasteiger partial charge < -0.3 is 18.9 Å². The van der Waals surface area contributed by atoms with Gasteiger partial charge in [-0.1, -0.05) is 36.5 Å². The topological polar surface area (TPSA) is 117 Å². The Kier molecular flexibility index (Phi) is 11.0. The summed E-state index contributed by atoms with van der Waals surface area (Å²) in [6.07, 6.45) is 13.0. The Morgan fingerprint density at radius 1 is 0.979 bits per heavy atom. The number of fused-ring (bicyclic) bond motifs is 2. The van der Waals surface area contributed by atoms with Crippen LogP contribution >= 0.6 is 0 Å². The number of carbonyl (C=O) groups is 3. The first-order valence-electron chi connectivity index (χ1n) is 17.0. The van der Waals surface area contributed by atoms with Gasteiger partial charge in [-0.25, -0.2) is 9.59 Å². The zero-order valence-corrected chi connectivity index (χ0v) is 28.3. The summed E-state index contributed by atoms with van der Waals surface area (Å²) in [5.41, 5.74) is 2.53. The number of pyridine rings is 2. The molecule has 6 atom stereocenters. The second-order valence-electron chi connectivity index (χ2n) is 13.8. The Morgan fingerprint density at radius 2 is 1.66 bits per heavy atom. The molecule has 2 fully saturated rings. The van der Waals surface area contributed by atoms with E-state index in [4.69, 9.17) is 18.9 Å². The maximum Gasteiger partial charge on any atom is 0.340 e. The molecule has 3 aliphatic rings. The van der Waals surface area contributed by atoms with E-state index in [1.54, 1.807) is 36.7 Å². The zero-order valence-electron chi connectivity index (χ0n) is 28.3. The van der Waals surface area contributed by atoms with E-state index in [1.165, 1.54) is 12.4 Å². The van der Waals surface area contributed by atoms with Crippen LogP contribution in [0.1, 0.15) is 113 Å². The second kappa shape index (κ2) is 14.9. The van der Waals surface area contributed by atoms with Crippen molar-refractivity contribution < 1.29 is 33.3 Å². The third kappa shape index (κ3) is 8.00. The fourth-order valence-electron chi connectivity index (χ4n) is 7.39. The third-order valence-electron chi connectivity index (χ3n) is 10.1. The molecule has 3 heterocycles. The Bertz CT molecular complexity index is 1490. The van der Waals surface area contributed by atoms with Crippen molar-refractivity contribution in [3.63, 3.8) is 0 Å². The van der Waals surface area contributed by atoms with Crippen molar-refractivity contribution in [2.24, 2.45) is 11.3 Å². The van der Waals surface area contributed by atoms with Crippen molar-refractivity contribution in [2.75, 3.05) is 6.61 Å². The number of ether oxygens (including phenoxy) is 4. The van der Waals surface area contributed by atoms with E-state index in [9.17, 15) is 14.4 Å². The van der Waals surface area contributed by atoms with Crippen LogP contribution in [-0.4, -0.2) is 58.4 Å². The van der Waals surface area contributed by atoms with Gasteiger partial charge in [0.2, 0.25) is 0 Å². The van der Waals surface area contributed by atoms with Crippen LogP contribution < -0.4 is 0 Å². The maximum absolute atomic E-state index is 13.7. The minimum Gasteiger partial charge on any atom is -0.465 e. The van der Waals surface area contributed by atoms with Gasteiger partial charge in [0.25, 0.3) is 0 Å². The highest BCUT2D eigenvalue weighted by atomic mass is 16.6. The molecule has 5 rings (SSSR count). The molecular weight excluding hydrogens is 596 g/mol. The van der Waals surface area contributed by atoms with E-state index in [-0.39, 0.29) is 18.7 Å². The molecule has 1 aliphatic heterocycles. The van der Waals surface area contributed by atoms with Gasteiger partial charge in [0.15, 0.2) is 0 Å². The summed E-state index contributed by atoms with van der Waals surface area (Å²) in [5, 5.41) is 0. The van der Waals surface area contributed by atoms with Gasteiger partial charge >= 0.3 is 17.9 Å². The van der Waals surface area contributed by atoms with Gasteiger partial charge in [-0.15, -0.1) is 0 Å². The first-order valence-corrected chi connectivity index (χ1v) is 17.0. The monoisotopic (exact) mass is 644 g/mol. The van der Waals surface area contributed by atoms with Crippen molar-refractivity contribution in [3.8, 4) is 0 Å². The number of allylic oxidation sites excluding steroid dienone is 2. The number of esters is 3. The zero-order chi connectivity index (χ0) is 33.6. The maximum atomic E-state index is 13.7. The minimum absolute atomic E-state index is 0.00212. The molecule has 2 aliphatic carbocycles. The third-order valence-corrected chi connectivity index (χ3v) is 10.1. The van der Waals surface area contributed by atoms with Crippen molar-refractivity contribution in [1.29, 1.82) is 0 Å². The van der Waals surface area contributed by atoms with Crippen LogP contribution in [0.15, 0.2) is 71.8 Å². The van der Waals surface area contributed by atoms with E-state index in [2.05, 4.69) is 37.7 Å². The van der Waals surface area contributed by atoms with Gasteiger partial charge in [0, 0.05) is 43.5 Å². The van der Waals surface area contributed by atoms with Gasteiger partial charge in [-0.3, -0.25) is 14.8 Å². The highest BCUT2D eigenvalue weighted by molar-refractivity contribution is 5.89. The van der Waals surface area contributed by atoms with E-state index < -0.39 is 41.1 Å². The average Bonchev–Trinajstić information content (AvgIpc) is 3.53. The van der Waals surface area contributed by atoms with Crippen molar-refractivity contribution in [3.05, 3.63) is 83.0 Å². The van der Waals surface area contributed by atoms with E-state index in [0.29, 0.717) is 36.8 Å². The van der Waals surface area contributed by atoms with Gasteiger partial charge in [0.05, 0.1) is 28.2 Å². The molecule has 0 bridgehead atoms. The summed E-state index contributed by atoms with van der Waals surface area (Å²) < 4.78 is 25.4. The highest BCUT2D eigenvalue weighted by Crippen LogP contribution is 2.57. The quantitative estimate of drug-likeness (QED) is 0.0859. The second-order valence-corrected chi connectivity index (χ2v) is 13.8. The number of carbonyl (C=O) groups excluding carboxylic acids is 3. The normalized spacial score (nSPS) is 29.6. The summed E-state index contributed by atoms with van der Waals surface area (Å²) in [4.78, 5) is 48.9. The SMILES string of the molecule is CCCCCC(=O)OC[C@]12CCC(=C(C)C)[C@@H]1[C@H](OC(=O)c1cccnc1)C[C@]1(C)O[C@@H]1CC/C(C)=C/[C@@H]2OC(=O)c1cccnc1. The lowest BCUT2D eigenvalue weighted by Gasteiger charge is -2.43. The number of aromatic nitrogens is 2. The molecule has 0 amide bonds. The molecule has 0 N–H and O–H groups in total. The number of hydrogen-bond acceptors (Lipinski definition) is 9. The lowest BCUT2D eigenvalue weighted by atomic mass is 9.68. The summed E-state index contributed by atoms with van der Waals surface area (Å²) in [5.74, 6) is -1.71. The van der Waals surface area contributed by atoms with Gasteiger partial charge in [-0.05, 0) is 90.1 Å². The molecule has 2 aromatic heterocycles. The smallest absolute Gasteiger partial charge is 0.340 e. The molecular formula is C38H48N2O7. The Hall–Kier alpha value is -3.85. The van der Waals surface area contributed by atoms with E-state index >= 15 is 0 Å². The summed E-state index contributed by atoms with van der Waals surface area (Å²) >= 11 is 0. The molecule has 2 aromatic rings. The van der Waals surface area contributed by atoms with Crippen molar-refractivity contribution in [1.82, 2.24) is 9.97 Å². The number of unbranched alkanes of at least 4 members (excludes halogenated alkanes) is 2. The molecule has 9 heteroatoms. The minimum atomic E-state index is -0.920. The Morgan fingerprint density at radius 3 is 2.28 bits per heavy atom. The summed E-state index contributed by atoms with van der Waals surface area (Å²) in [7, 11) is 0. The molecule has 0 aromatic carbocycles. The van der Waals surface area contributed by atoms with Crippen LogP contribution in [0.2, 0.25) is 0 Å². The standard InChI is InChI=1S/C38H48N2O7/c1-6-7-8-13-33(41)44-24-38-17-16-29(25(2)3)34(38)30(45-35(42)27-11-9-18-39-22-27)21-37(5)31(47-37)15-14-26(4)20-32(38)46-36(43)28-12-10-19-40-23-28/h9-12,18-20,22-23,30-32,34H,6-8,13-17,21,24H2,1-5H3/b26-20+/t30-,31-,32+,34-,37+,38+/m1/s1. The molecule has 9 nitrogen and oxygen atoms in total. The fourth-order valence-corrected chi connectivity index (χ4v) is 7.39. The average molecular weight is 645 g/mol. The van der Waals surface area contributed by atoms with Crippen LogP contribution in [0, 0.1) is 11.3 Å². The largest absolute Gasteiger partial charge is 0.465 e. The Balaban J connectivity index is 1.63. The number of rotatable bonds is 10. The molecule has 0 radical (unpaired) electrons.